The smallest absolute Gasteiger partial charge is 0.323 e. The lowest BCUT2D eigenvalue weighted by Gasteiger charge is -2.25. The van der Waals surface area contributed by atoms with Gasteiger partial charge < -0.3 is 4.90 Å². The van der Waals surface area contributed by atoms with Gasteiger partial charge in [0.05, 0.1) is 0 Å². The molecule has 0 radical (unpaired) electrons. The van der Waals surface area contributed by atoms with E-state index in [1.807, 2.05) is 30.9 Å². The minimum Gasteiger partial charge on any atom is -0.323 e. The van der Waals surface area contributed by atoms with Crippen LogP contribution in [0.5, 0.6) is 0 Å². The first-order chi connectivity index (χ1) is 10.0. The van der Waals surface area contributed by atoms with Crippen molar-refractivity contribution in [3.8, 4) is 0 Å². The van der Waals surface area contributed by atoms with E-state index in [2.05, 4.69) is 22.2 Å². The highest BCUT2D eigenvalue weighted by Crippen LogP contribution is 2.28. The zero-order chi connectivity index (χ0) is 15.0. The Balaban J connectivity index is 1.68. The Labute approximate surface area is 126 Å². The Kier molecular flexibility index (Phi) is 3.85. The number of anilines is 1. The first-order valence-electron chi connectivity index (χ1n) is 7.76. The Morgan fingerprint density at radius 3 is 2.76 bits per heavy atom. The average molecular weight is 288 g/mol. The molecule has 3 rings (SSSR count). The number of carbonyl (C=O) groups excluding carboxylic acids is 1. The number of nitrogens with zero attached hydrogens (tertiary/aromatic N) is 3. The van der Waals surface area contributed by atoms with Gasteiger partial charge in [0.15, 0.2) is 0 Å². The number of aromatic nitrogens is 1. The summed E-state index contributed by atoms with van der Waals surface area (Å²) in [4.78, 5) is 21.3. The third-order valence-electron chi connectivity index (χ3n) is 4.77. The van der Waals surface area contributed by atoms with E-state index in [0.717, 1.165) is 30.8 Å². The molecule has 0 spiro atoms. The zero-order valence-corrected chi connectivity index (χ0v) is 13.1. The van der Waals surface area contributed by atoms with Gasteiger partial charge in [0.2, 0.25) is 0 Å². The van der Waals surface area contributed by atoms with Crippen LogP contribution in [-0.2, 0) is 0 Å². The molecule has 2 aliphatic rings. The summed E-state index contributed by atoms with van der Waals surface area (Å²) in [5, 5.41) is 2.95. The molecule has 1 aromatic heterocycles. The molecule has 2 bridgehead atoms. The van der Waals surface area contributed by atoms with Gasteiger partial charge >= 0.3 is 6.03 Å². The van der Waals surface area contributed by atoms with Gasteiger partial charge in [-0.05, 0) is 57.9 Å². The molecule has 1 N–H and O–H groups in total. The maximum atomic E-state index is 12.5. The number of aryl methyl sites for hydroxylation is 2. The second-order valence-electron chi connectivity index (χ2n) is 6.39. The summed E-state index contributed by atoms with van der Waals surface area (Å²) < 4.78 is 0. The van der Waals surface area contributed by atoms with E-state index in [1.54, 1.807) is 0 Å². The lowest BCUT2D eigenvalue weighted by molar-refractivity contribution is 0.200. The van der Waals surface area contributed by atoms with Gasteiger partial charge in [0.1, 0.15) is 5.82 Å². The van der Waals surface area contributed by atoms with E-state index in [0.29, 0.717) is 17.9 Å². The lowest BCUT2D eigenvalue weighted by atomic mass is 10.1. The SMILES string of the molecule is Cc1cc(C)nc(NC(=O)N2CCC3CCC(C2)N3C)c1. The number of urea groups is 1. The normalized spacial score (nSPS) is 25.8. The first kappa shape index (κ1) is 14.3. The lowest BCUT2D eigenvalue weighted by Crippen LogP contribution is -2.41. The van der Waals surface area contributed by atoms with E-state index < -0.39 is 0 Å². The van der Waals surface area contributed by atoms with Crippen LogP contribution >= 0.6 is 0 Å². The highest BCUT2D eigenvalue weighted by molar-refractivity contribution is 5.88. The van der Waals surface area contributed by atoms with E-state index in [4.69, 9.17) is 0 Å². The highest BCUT2D eigenvalue weighted by Gasteiger charge is 2.35. The Morgan fingerprint density at radius 1 is 1.24 bits per heavy atom. The van der Waals surface area contributed by atoms with Crippen LogP contribution in [0.2, 0.25) is 0 Å². The van der Waals surface area contributed by atoms with Crippen molar-refractivity contribution in [1.82, 2.24) is 14.8 Å². The summed E-state index contributed by atoms with van der Waals surface area (Å²) in [5.41, 5.74) is 2.05. The number of hydrogen-bond acceptors (Lipinski definition) is 3. The van der Waals surface area contributed by atoms with Crippen LogP contribution in [0.4, 0.5) is 10.6 Å². The number of rotatable bonds is 1. The van der Waals surface area contributed by atoms with E-state index in [-0.39, 0.29) is 6.03 Å². The molecule has 5 heteroatoms. The molecule has 0 saturated carbocycles. The monoisotopic (exact) mass is 288 g/mol. The Morgan fingerprint density at radius 2 is 2.00 bits per heavy atom. The van der Waals surface area contributed by atoms with Gasteiger partial charge in [0, 0.05) is 30.9 Å². The molecule has 114 valence electrons. The Hall–Kier alpha value is -1.62. The number of likely N-dealkylation sites (N-methyl/N-ethyl adjacent to an activating group) is 1. The number of nitrogens with one attached hydrogen (secondary N) is 1. The fourth-order valence-corrected chi connectivity index (χ4v) is 3.59. The van der Waals surface area contributed by atoms with Crippen molar-refractivity contribution in [1.29, 1.82) is 0 Å². The second kappa shape index (κ2) is 5.64. The van der Waals surface area contributed by atoms with Crippen molar-refractivity contribution in [3.63, 3.8) is 0 Å². The van der Waals surface area contributed by atoms with Gasteiger partial charge in [-0.15, -0.1) is 0 Å². The van der Waals surface area contributed by atoms with Crippen molar-refractivity contribution in [2.24, 2.45) is 0 Å². The third-order valence-corrected chi connectivity index (χ3v) is 4.77. The zero-order valence-electron chi connectivity index (χ0n) is 13.1. The summed E-state index contributed by atoms with van der Waals surface area (Å²) >= 11 is 0. The molecule has 0 aliphatic carbocycles. The molecular formula is C16H24N4O. The second-order valence-corrected chi connectivity index (χ2v) is 6.39. The van der Waals surface area contributed by atoms with Crippen molar-refractivity contribution in [2.75, 3.05) is 25.5 Å². The number of hydrogen-bond donors (Lipinski definition) is 1. The fraction of sp³-hybridized carbons (Fsp3) is 0.625. The quantitative estimate of drug-likeness (QED) is 0.863. The van der Waals surface area contributed by atoms with Crippen LogP contribution in [0.1, 0.15) is 30.5 Å². The van der Waals surface area contributed by atoms with Crippen LogP contribution in [-0.4, -0.2) is 53.0 Å². The maximum Gasteiger partial charge on any atom is 0.323 e. The molecule has 2 amide bonds. The number of amides is 2. The van der Waals surface area contributed by atoms with Crippen molar-refractivity contribution in [3.05, 3.63) is 23.4 Å². The van der Waals surface area contributed by atoms with Gasteiger partial charge in [-0.1, -0.05) is 0 Å². The van der Waals surface area contributed by atoms with Gasteiger partial charge in [0.25, 0.3) is 0 Å². The predicted octanol–water partition coefficient (Wildman–Crippen LogP) is 2.40. The van der Waals surface area contributed by atoms with Crippen LogP contribution in [0.15, 0.2) is 12.1 Å². The van der Waals surface area contributed by atoms with Gasteiger partial charge in [-0.3, -0.25) is 10.2 Å². The van der Waals surface area contributed by atoms with E-state index in [9.17, 15) is 4.79 Å². The standard InChI is InChI=1S/C16H24N4O/c1-11-8-12(2)17-15(9-11)18-16(21)20-7-6-13-4-5-14(10-20)19(13)3/h8-9,13-14H,4-7,10H2,1-3H3,(H,17,18,21). The topological polar surface area (TPSA) is 48.5 Å². The number of fused-ring (bicyclic) bond motifs is 2. The summed E-state index contributed by atoms with van der Waals surface area (Å²) in [5.74, 6) is 0.653. The van der Waals surface area contributed by atoms with Crippen LogP contribution in [0.3, 0.4) is 0 Å². The maximum absolute atomic E-state index is 12.5. The minimum atomic E-state index is -0.0200. The Bertz CT molecular complexity index is 525. The van der Waals surface area contributed by atoms with Gasteiger partial charge in [-0.25, -0.2) is 9.78 Å². The van der Waals surface area contributed by atoms with Crippen molar-refractivity contribution >= 4 is 11.8 Å². The average Bonchev–Trinajstić information content (AvgIpc) is 2.61. The fourth-order valence-electron chi connectivity index (χ4n) is 3.59. The van der Waals surface area contributed by atoms with E-state index >= 15 is 0 Å². The molecule has 5 nitrogen and oxygen atoms in total. The molecule has 21 heavy (non-hydrogen) atoms. The summed E-state index contributed by atoms with van der Waals surface area (Å²) in [6.45, 7) is 5.62. The molecule has 0 aromatic carbocycles. The van der Waals surface area contributed by atoms with Crippen LogP contribution in [0, 0.1) is 13.8 Å². The molecule has 2 unspecified atom stereocenters. The molecule has 2 aliphatic heterocycles. The van der Waals surface area contributed by atoms with Crippen LogP contribution < -0.4 is 5.32 Å². The van der Waals surface area contributed by atoms with E-state index in [1.165, 1.54) is 12.8 Å². The molecule has 2 fully saturated rings. The number of pyridine rings is 1. The number of carbonyl (C=O) groups is 1. The summed E-state index contributed by atoms with van der Waals surface area (Å²) in [6, 6.07) is 5.06. The van der Waals surface area contributed by atoms with Crippen LogP contribution in [0.25, 0.3) is 0 Å². The van der Waals surface area contributed by atoms with Crippen molar-refractivity contribution < 1.29 is 4.79 Å². The molecule has 2 saturated heterocycles. The number of likely N-dealkylation sites (tertiary alicyclic amines) is 1. The van der Waals surface area contributed by atoms with Crippen molar-refractivity contribution in [2.45, 2.75) is 45.2 Å². The molecule has 3 heterocycles. The molecular weight excluding hydrogens is 264 g/mol. The highest BCUT2D eigenvalue weighted by atomic mass is 16.2. The van der Waals surface area contributed by atoms with Gasteiger partial charge in [-0.2, -0.15) is 0 Å². The molecule has 2 atom stereocenters. The summed E-state index contributed by atoms with van der Waals surface area (Å²) in [6.07, 6.45) is 3.54. The first-order valence-corrected chi connectivity index (χ1v) is 7.76. The third kappa shape index (κ3) is 3.02. The molecule has 1 aromatic rings. The summed E-state index contributed by atoms with van der Waals surface area (Å²) in [7, 11) is 2.19. The minimum absolute atomic E-state index is 0.0200. The predicted molar refractivity (Wildman–Crippen MR) is 83.5 cm³/mol. The largest absolute Gasteiger partial charge is 0.323 e.